The van der Waals surface area contributed by atoms with E-state index in [0.717, 1.165) is 51.4 Å². The zero-order valence-corrected chi connectivity index (χ0v) is 18.0. The maximum Gasteiger partial charge on any atom is 0.158 e. The van der Waals surface area contributed by atoms with Gasteiger partial charge in [0.2, 0.25) is 0 Å². The number of hydrogen-bond donors (Lipinski definition) is 3. The van der Waals surface area contributed by atoms with Gasteiger partial charge in [-0.2, -0.15) is 0 Å². The maximum atomic E-state index is 12.3. The first-order valence-corrected chi connectivity index (χ1v) is 11.2. The summed E-state index contributed by atoms with van der Waals surface area (Å²) >= 11 is 0. The van der Waals surface area contributed by atoms with Gasteiger partial charge in [-0.05, 0) is 25.7 Å². The number of ketones is 2. The molecule has 0 saturated heterocycles. The van der Waals surface area contributed by atoms with Gasteiger partial charge in [0.15, 0.2) is 5.78 Å². The van der Waals surface area contributed by atoms with E-state index < -0.39 is 11.7 Å². The lowest BCUT2D eigenvalue weighted by atomic mass is 9.87. The Kier molecular flexibility index (Phi) is 12.3. The van der Waals surface area contributed by atoms with E-state index in [1.165, 1.54) is 0 Å². The molecule has 29 heavy (non-hydrogen) atoms. The lowest BCUT2D eigenvalue weighted by Crippen LogP contribution is -2.25. The fourth-order valence-electron chi connectivity index (χ4n) is 4.11. The van der Waals surface area contributed by atoms with Gasteiger partial charge in [-0.15, -0.1) is 6.58 Å². The first kappa shape index (κ1) is 25.7. The summed E-state index contributed by atoms with van der Waals surface area (Å²) in [4.78, 5) is 23.4. The Bertz CT molecular complexity index is 541. The predicted molar refractivity (Wildman–Crippen MR) is 115 cm³/mol. The molecular weight excluding hydrogens is 368 g/mol. The molecule has 0 amide bonds. The highest BCUT2D eigenvalue weighted by Gasteiger charge is 2.39. The molecule has 166 valence electrons. The van der Waals surface area contributed by atoms with Gasteiger partial charge in [0.05, 0.1) is 11.7 Å². The lowest BCUT2D eigenvalue weighted by molar-refractivity contribution is -0.122. The van der Waals surface area contributed by atoms with Crippen LogP contribution in [-0.2, 0) is 9.59 Å². The van der Waals surface area contributed by atoms with E-state index in [1.54, 1.807) is 6.08 Å². The monoisotopic (exact) mass is 408 g/mol. The fraction of sp³-hybridized carbons (Fsp3) is 0.750. The third-order valence-corrected chi connectivity index (χ3v) is 6.05. The minimum Gasteiger partial charge on any atom is -0.392 e. The highest BCUT2D eigenvalue weighted by Crippen LogP contribution is 2.35. The zero-order chi connectivity index (χ0) is 21.7. The SMILES string of the molecule is C=CC(O)(CC=C[C@H]1[C@H](O)CC(=O)[C@@H]1CCCCCCC(=O)CO)CCCCC. The number of carbonyl (C=O) groups excluding carboxylic acids is 2. The second-order valence-electron chi connectivity index (χ2n) is 8.47. The molecule has 0 spiro atoms. The standard InChI is InChI=1S/C24H40O5/c1-3-5-10-15-24(29,4-2)16-11-14-21-20(22(27)17-23(21)28)13-9-7-6-8-12-19(26)18-25/h4,11,14,20-21,23,25,28-29H,2-3,5-10,12-13,15-18H2,1H3/t20-,21-,23-,24?/m1/s1. The number of Topliss-reactive ketones (excluding diaryl/α,β-unsaturated/α-hetero) is 2. The molecule has 5 heteroatoms. The molecule has 1 fully saturated rings. The largest absolute Gasteiger partial charge is 0.392 e. The molecule has 1 saturated carbocycles. The second-order valence-corrected chi connectivity index (χ2v) is 8.47. The zero-order valence-electron chi connectivity index (χ0n) is 18.0. The van der Waals surface area contributed by atoms with Crippen molar-refractivity contribution in [2.24, 2.45) is 11.8 Å². The van der Waals surface area contributed by atoms with Crippen LogP contribution in [0.1, 0.15) is 84.0 Å². The van der Waals surface area contributed by atoms with Crippen LogP contribution in [0, 0.1) is 11.8 Å². The molecule has 0 aliphatic heterocycles. The molecule has 0 aromatic rings. The minimum atomic E-state index is -0.930. The third-order valence-electron chi connectivity index (χ3n) is 6.05. The van der Waals surface area contributed by atoms with Gasteiger partial charge in [0.25, 0.3) is 0 Å². The smallest absolute Gasteiger partial charge is 0.158 e. The lowest BCUT2D eigenvalue weighted by Gasteiger charge is -2.23. The van der Waals surface area contributed by atoms with Crippen molar-refractivity contribution in [2.75, 3.05) is 6.61 Å². The van der Waals surface area contributed by atoms with Gasteiger partial charge in [0, 0.05) is 24.7 Å². The molecule has 0 bridgehead atoms. The van der Waals surface area contributed by atoms with E-state index >= 15 is 0 Å². The Morgan fingerprint density at radius 3 is 2.59 bits per heavy atom. The fourth-order valence-corrected chi connectivity index (χ4v) is 4.11. The van der Waals surface area contributed by atoms with Crippen molar-refractivity contribution >= 4 is 11.6 Å². The van der Waals surface area contributed by atoms with Crippen molar-refractivity contribution in [3.8, 4) is 0 Å². The molecule has 0 aromatic heterocycles. The summed E-state index contributed by atoms with van der Waals surface area (Å²) in [6.07, 6.45) is 13.8. The van der Waals surface area contributed by atoms with Gasteiger partial charge < -0.3 is 15.3 Å². The molecule has 1 aliphatic rings. The Balaban J connectivity index is 2.48. The second kappa shape index (κ2) is 13.8. The Hall–Kier alpha value is -1.30. The van der Waals surface area contributed by atoms with Crippen molar-refractivity contribution < 1.29 is 24.9 Å². The Morgan fingerprint density at radius 1 is 1.21 bits per heavy atom. The van der Waals surface area contributed by atoms with Crippen LogP contribution in [0.5, 0.6) is 0 Å². The molecule has 1 unspecified atom stereocenters. The van der Waals surface area contributed by atoms with Crippen molar-refractivity contribution in [3.63, 3.8) is 0 Å². The Labute approximate surface area is 175 Å². The van der Waals surface area contributed by atoms with Crippen LogP contribution in [-0.4, -0.2) is 45.2 Å². The van der Waals surface area contributed by atoms with Gasteiger partial charge in [0.1, 0.15) is 12.4 Å². The summed E-state index contributed by atoms with van der Waals surface area (Å²) in [5, 5.41) is 29.7. The quantitative estimate of drug-likeness (QED) is 0.266. The maximum absolute atomic E-state index is 12.3. The first-order valence-electron chi connectivity index (χ1n) is 11.2. The van der Waals surface area contributed by atoms with E-state index in [0.29, 0.717) is 19.3 Å². The van der Waals surface area contributed by atoms with Crippen LogP contribution < -0.4 is 0 Å². The van der Waals surface area contributed by atoms with E-state index in [1.807, 2.05) is 12.2 Å². The number of carbonyl (C=O) groups is 2. The van der Waals surface area contributed by atoms with Crippen molar-refractivity contribution in [1.82, 2.24) is 0 Å². The van der Waals surface area contributed by atoms with Crippen LogP contribution >= 0.6 is 0 Å². The summed E-state index contributed by atoms with van der Waals surface area (Å²) in [5.41, 5.74) is -0.930. The number of rotatable bonds is 16. The molecule has 0 heterocycles. The van der Waals surface area contributed by atoms with Crippen LogP contribution in [0.3, 0.4) is 0 Å². The average molecular weight is 409 g/mol. The Morgan fingerprint density at radius 2 is 1.93 bits per heavy atom. The molecule has 0 aromatic carbocycles. The number of hydrogen-bond acceptors (Lipinski definition) is 5. The van der Waals surface area contributed by atoms with Crippen LogP contribution in [0.2, 0.25) is 0 Å². The summed E-state index contributed by atoms with van der Waals surface area (Å²) < 4.78 is 0. The molecule has 0 radical (unpaired) electrons. The van der Waals surface area contributed by atoms with Crippen molar-refractivity contribution in [2.45, 2.75) is 95.7 Å². The molecule has 1 rings (SSSR count). The van der Waals surface area contributed by atoms with E-state index in [-0.39, 0.29) is 36.4 Å². The van der Waals surface area contributed by atoms with Crippen LogP contribution in [0.15, 0.2) is 24.8 Å². The average Bonchev–Trinajstić information content (AvgIpc) is 2.97. The summed E-state index contributed by atoms with van der Waals surface area (Å²) in [6.45, 7) is 5.50. The highest BCUT2D eigenvalue weighted by atomic mass is 16.3. The highest BCUT2D eigenvalue weighted by molar-refractivity contribution is 5.84. The van der Waals surface area contributed by atoms with E-state index in [9.17, 15) is 19.8 Å². The molecule has 4 atom stereocenters. The molecular formula is C24H40O5. The molecule has 3 N–H and O–H groups in total. The van der Waals surface area contributed by atoms with Gasteiger partial charge in [-0.1, -0.05) is 63.7 Å². The number of aliphatic hydroxyl groups is 3. The molecule has 5 nitrogen and oxygen atoms in total. The van der Waals surface area contributed by atoms with Crippen molar-refractivity contribution in [1.29, 1.82) is 0 Å². The summed E-state index contributed by atoms with van der Waals surface area (Å²) in [7, 11) is 0. The van der Waals surface area contributed by atoms with Gasteiger partial charge in [-0.3, -0.25) is 9.59 Å². The number of aliphatic hydroxyl groups excluding tert-OH is 2. The van der Waals surface area contributed by atoms with Gasteiger partial charge in [-0.25, -0.2) is 0 Å². The van der Waals surface area contributed by atoms with E-state index in [2.05, 4.69) is 13.5 Å². The normalized spacial score (nSPS) is 24.1. The topological polar surface area (TPSA) is 94.8 Å². The van der Waals surface area contributed by atoms with Crippen molar-refractivity contribution in [3.05, 3.63) is 24.8 Å². The first-order chi connectivity index (χ1) is 13.9. The summed E-state index contributed by atoms with van der Waals surface area (Å²) in [6, 6.07) is 0. The van der Waals surface area contributed by atoms with Crippen LogP contribution in [0.25, 0.3) is 0 Å². The minimum absolute atomic E-state index is 0.115. The van der Waals surface area contributed by atoms with Crippen LogP contribution in [0.4, 0.5) is 0 Å². The number of unbranched alkanes of at least 4 members (excludes halogenated alkanes) is 5. The predicted octanol–water partition coefficient (Wildman–Crippen LogP) is 3.90. The molecule has 1 aliphatic carbocycles. The third kappa shape index (κ3) is 9.37. The summed E-state index contributed by atoms with van der Waals surface area (Å²) in [5.74, 6) is -0.372. The van der Waals surface area contributed by atoms with E-state index in [4.69, 9.17) is 5.11 Å². The van der Waals surface area contributed by atoms with Gasteiger partial charge >= 0.3 is 0 Å².